The molecule has 0 radical (unpaired) electrons. The van der Waals surface area contributed by atoms with Crippen molar-refractivity contribution in [1.29, 1.82) is 0 Å². The minimum absolute atomic E-state index is 0.169. The molecule has 0 heterocycles. The maximum absolute atomic E-state index is 11.5. The Kier molecular flexibility index (Phi) is 6.49. The van der Waals surface area contributed by atoms with Crippen LogP contribution in [0.3, 0.4) is 0 Å². The van der Waals surface area contributed by atoms with E-state index in [0.717, 1.165) is 13.0 Å². The molecule has 4 heteroatoms. The largest absolute Gasteiger partial charge is 0.313 e. The van der Waals surface area contributed by atoms with Crippen LogP contribution in [-0.2, 0) is 9.84 Å². The smallest absolute Gasteiger partial charge is 0.148 e. The van der Waals surface area contributed by atoms with Crippen molar-refractivity contribution in [1.82, 2.24) is 5.32 Å². The van der Waals surface area contributed by atoms with Gasteiger partial charge in [-0.05, 0) is 31.7 Å². The summed E-state index contributed by atoms with van der Waals surface area (Å²) in [4.78, 5) is 0. The fourth-order valence-electron chi connectivity index (χ4n) is 2.73. The van der Waals surface area contributed by atoms with Gasteiger partial charge in [0, 0.05) is 12.3 Å². The van der Waals surface area contributed by atoms with Crippen LogP contribution in [0.1, 0.15) is 51.9 Å². The first kappa shape index (κ1) is 15.0. The third-order valence-electron chi connectivity index (χ3n) is 3.61. The number of hydrogen-bond acceptors (Lipinski definition) is 3. The van der Waals surface area contributed by atoms with Gasteiger partial charge in [-0.3, -0.25) is 0 Å². The minimum atomic E-state index is -2.88. The van der Waals surface area contributed by atoms with Crippen LogP contribution in [0.25, 0.3) is 0 Å². The summed E-state index contributed by atoms with van der Waals surface area (Å²) in [5.74, 6) is 0.858. The number of sulfone groups is 1. The lowest BCUT2D eigenvalue weighted by Gasteiger charge is -2.26. The van der Waals surface area contributed by atoms with Crippen LogP contribution in [0.5, 0.6) is 0 Å². The number of rotatable bonds is 6. The van der Waals surface area contributed by atoms with E-state index in [1.54, 1.807) is 0 Å². The quantitative estimate of drug-likeness (QED) is 0.747. The first-order valence-electron chi connectivity index (χ1n) is 6.94. The molecule has 0 aromatic carbocycles. The fourth-order valence-corrected chi connectivity index (χ4v) is 3.77. The average molecular weight is 261 g/mol. The summed E-state index contributed by atoms with van der Waals surface area (Å²) in [6.07, 6.45) is 9.95. The second-order valence-corrected chi connectivity index (χ2v) is 7.59. The third kappa shape index (κ3) is 6.41. The van der Waals surface area contributed by atoms with E-state index in [0.29, 0.717) is 11.7 Å². The predicted molar refractivity (Wildman–Crippen MR) is 73.0 cm³/mol. The molecule has 1 fully saturated rings. The van der Waals surface area contributed by atoms with E-state index in [-0.39, 0.29) is 6.04 Å². The van der Waals surface area contributed by atoms with E-state index < -0.39 is 9.84 Å². The topological polar surface area (TPSA) is 46.2 Å². The van der Waals surface area contributed by atoms with Crippen LogP contribution in [0, 0.1) is 5.92 Å². The Bertz CT molecular complexity index is 293. The van der Waals surface area contributed by atoms with Gasteiger partial charge in [0.15, 0.2) is 0 Å². The van der Waals surface area contributed by atoms with Crippen LogP contribution in [-0.4, -0.2) is 33.0 Å². The molecule has 3 nitrogen and oxygen atoms in total. The average Bonchev–Trinajstić information content (AvgIpc) is 2.51. The van der Waals surface area contributed by atoms with E-state index in [1.807, 2.05) is 0 Å². The summed E-state index contributed by atoms with van der Waals surface area (Å²) in [5.41, 5.74) is 0. The predicted octanol–water partition coefficient (Wildman–Crippen LogP) is 2.37. The zero-order chi connectivity index (χ0) is 12.7. The Morgan fingerprint density at radius 2 is 1.76 bits per heavy atom. The Morgan fingerprint density at radius 3 is 2.24 bits per heavy atom. The Hall–Kier alpha value is -0.0900. The summed E-state index contributed by atoms with van der Waals surface area (Å²) < 4.78 is 23.0. The molecule has 0 spiro atoms. The Labute approximate surface area is 106 Å². The molecular weight excluding hydrogens is 234 g/mol. The normalized spacial score (nSPS) is 21.1. The first-order valence-corrected chi connectivity index (χ1v) is 9.00. The first-order chi connectivity index (χ1) is 8.03. The molecule has 1 unspecified atom stereocenters. The highest BCUT2D eigenvalue weighted by Gasteiger charge is 2.25. The van der Waals surface area contributed by atoms with Gasteiger partial charge >= 0.3 is 0 Å². The van der Waals surface area contributed by atoms with Gasteiger partial charge in [-0.1, -0.05) is 32.6 Å². The summed E-state index contributed by atoms with van der Waals surface area (Å²) in [6, 6.07) is 0.169. The summed E-state index contributed by atoms with van der Waals surface area (Å²) in [7, 11) is -2.88. The van der Waals surface area contributed by atoms with E-state index in [1.165, 1.54) is 44.8 Å². The highest BCUT2D eigenvalue weighted by molar-refractivity contribution is 7.90. The molecule has 0 aromatic heterocycles. The molecule has 17 heavy (non-hydrogen) atoms. The SMILES string of the molecule is CCCNC(CS(C)(=O)=O)C1CCCCCC1. The molecular formula is C13H27NO2S. The lowest BCUT2D eigenvalue weighted by molar-refractivity contribution is 0.339. The van der Waals surface area contributed by atoms with Gasteiger partial charge in [0.05, 0.1) is 5.75 Å². The van der Waals surface area contributed by atoms with Crippen molar-refractivity contribution in [2.75, 3.05) is 18.6 Å². The zero-order valence-electron chi connectivity index (χ0n) is 11.2. The van der Waals surface area contributed by atoms with Crippen LogP contribution in [0.4, 0.5) is 0 Å². The van der Waals surface area contributed by atoms with Crippen molar-refractivity contribution < 1.29 is 8.42 Å². The molecule has 0 aliphatic heterocycles. The van der Waals surface area contributed by atoms with Crippen LogP contribution in [0.15, 0.2) is 0 Å². The monoisotopic (exact) mass is 261 g/mol. The maximum atomic E-state index is 11.5. The highest BCUT2D eigenvalue weighted by atomic mass is 32.2. The molecule has 0 aromatic rings. The molecule has 1 aliphatic carbocycles. The second-order valence-electron chi connectivity index (χ2n) is 5.40. The maximum Gasteiger partial charge on any atom is 0.148 e. The second kappa shape index (κ2) is 7.37. The highest BCUT2D eigenvalue weighted by Crippen LogP contribution is 2.26. The van der Waals surface area contributed by atoms with Gasteiger partial charge in [0.1, 0.15) is 9.84 Å². The Morgan fingerprint density at radius 1 is 1.18 bits per heavy atom. The third-order valence-corrected chi connectivity index (χ3v) is 4.57. The molecule has 102 valence electrons. The fraction of sp³-hybridized carbons (Fsp3) is 1.00. The molecule has 0 saturated heterocycles. The summed E-state index contributed by atoms with van der Waals surface area (Å²) >= 11 is 0. The minimum Gasteiger partial charge on any atom is -0.313 e. The van der Waals surface area contributed by atoms with E-state index in [4.69, 9.17) is 0 Å². The van der Waals surface area contributed by atoms with Crippen molar-refractivity contribution in [2.24, 2.45) is 5.92 Å². The van der Waals surface area contributed by atoms with Gasteiger partial charge < -0.3 is 5.32 Å². The van der Waals surface area contributed by atoms with E-state index >= 15 is 0 Å². The van der Waals surface area contributed by atoms with Crippen molar-refractivity contribution >= 4 is 9.84 Å². The van der Waals surface area contributed by atoms with Crippen molar-refractivity contribution in [3.8, 4) is 0 Å². The van der Waals surface area contributed by atoms with E-state index in [9.17, 15) is 8.42 Å². The van der Waals surface area contributed by atoms with Gasteiger partial charge in [0.25, 0.3) is 0 Å². The Balaban J connectivity index is 2.59. The number of hydrogen-bond donors (Lipinski definition) is 1. The molecule has 1 rings (SSSR count). The molecule has 0 bridgehead atoms. The van der Waals surface area contributed by atoms with Crippen molar-refractivity contribution in [3.05, 3.63) is 0 Å². The molecule has 1 N–H and O–H groups in total. The lowest BCUT2D eigenvalue weighted by atomic mass is 9.93. The van der Waals surface area contributed by atoms with Gasteiger partial charge in [-0.25, -0.2) is 8.42 Å². The van der Waals surface area contributed by atoms with Gasteiger partial charge in [-0.15, -0.1) is 0 Å². The van der Waals surface area contributed by atoms with Crippen LogP contribution < -0.4 is 5.32 Å². The molecule has 1 aliphatic rings. The standard InChI is InChI=1S/C13H27NO2S/c1-3-10-14-13(11-17(2,15)16)12-8-6-4-5-7-9-12/h12-14H,3-11H2,1-2H3. The molecule has 0 amide bonds. The van der Waals surface area contributed by atoms with E-state index in [2.05, 4.69) is 12.2 Å². The van der Waals surface area contributed by atoms with Crippen molar-refractivity contribution in [2.45, 2.75) is 57.9 Å². The summed E-state index contributed by atoms with van der Waals surface area (Å²) in [5, 5.41) is 3.44. The zero-order valence-corrected chi connectivity index (χ0v) is 12.1. The van der Waals surface area contributed by atoms with Crippen LogP contribution in [0.2, 0.25) is 0 Å². The van der Waals surface area contributed by atoms with Gasteiger partial charge in [0.2, 0.25) is 0 Å². The lowest BCUT2D eigenvalue weighted by Crippen LogP contribution is -2.41. The molecule has 1 saturated carbocycles. The van der Waals surface area contributed by atoms with Gasteiger partial charge in [-0.2, -0.15) is 0 Å². The van der Waals surface area contributed by atoms with Crippen molar-refractivity contribution in [3.63, 3.8) is 0 Å². The van der Waals surface area contributed by atoms with Crippen LogP contribution >= 0.6 is 0 Å². The number of nitrogens with one attached hydrogen (secondary N) is 1. The summed E-state index contributed by atoms with van der Waals surface area (Å²) in [6.45, 7) is 3.05. The molecule has 1 atom stereocenters.